The second kappa shape index (κ2) is 7.82. The van der Waals surface area contributed by atoms with E-state index in [0.29, 0.717) is 6.61 Å². The molecule has 4 atom stereocenters. The minimum Gasteiger partial charge on any atom is -0.497 e. The van der Waals surface area contributed by atoms with Gasteiger partial charge in [0.25, 0.3) is 0 Å². The molecule has 1 aromatic carbocycles. The Hall–Kier alpha value is -1.18. The SMILES string of the molecule is CC[C@]1(OCc2ccc(OC)cc2)[C@H](C)[C@@H]2C=C[C@@]1(O[Si](C)(C)C(C)(C)C)OO2. The van der Waals surface area contributed by atoms with Crippen molar-refractivity contribution in [2.24, 2.45) is 5.92 Å². The number of methoxy groups -OCH3 is 1. The Morgan fingerprint density at radius 3 is 2.28 bits per heavy atom. The van der Waals surface area contributed by atoms with Crippen molar-refractivity contribution >= 4 is 8.32 Å². The van der Waals surface area contributed by atoms with E-state index in [0.717, 1.165) is 17.7 Å². The molecular weight excluding hydrogens is 384 g/mol. The zero-order chi connectivity index (χ0) is 21.5. The van der Waals surface area contributed by atoms with E-state index >= 15 is 0 Å². The quantitative estimate of drug-likeness (QED) is 0.326. The van der Waals surface area contributed by atoms with Gasteiger partial charge in [-0.15, -0.1) is 0 Å². The Balaban J connectivity index is 1.93. The minimum atomic E-state index is -2.17. The van der Waals surface area contributed by atoms with E-state index in [4.69, 9.17) is 23.7 Å². The lowest BCUT2D eigenvalue weighted by Crippen LogP contribution is -2.71. The number of benzene rings is 1. The lowest BCUT2D eigenvalue weighted by molar-refractivity contribution is -0.500. The van der Waals surface area contributed by atoms with Gasteiger partial charge in [0.2, 0.25) is 5.79 Å². The van der Waals surface area contributed by atoms with Gasteiger partial charge in [0.05, 0.1) is 13.7 Å². The van der Waals surface area contributed by atoms with Crippen LogP contribution in [0.3, 0.4) is 0 Å². The average molecular weight is 421 g/mol. The van der Waals surface area contributed by atoms with Crippen LogP contribution in [0.5, 0.6) is 5.75 Å². The van der Waals surface area contributed by atoms with Crippen molar-refractivity contribution in [3.8, 4) is 5.75 Å². The standard InChI is InChI=1S/C23H36O5Si/c1-9-22(25-16-18-10-12-19(24-6)13-11-18)17(2)20-14-15-23(22,27-26-20)28-29(7,8)21(3,4)5/h10-15,17,20H,9,16H2,1-8H3/t17-,20+,22+,23+/m1/s1. The van der Waals surface area contributed by atoms with Crippen molar-refractivity contribution in [2.45, 2.75) is 83.3 Å². The normalized spacial score (nSPS) is 31.9. The number of hydrogen-bond acceptors (Lipinski definition) is 5. The monoisotopic (exact) mass is 420 g/mol. The van der Waals surface area contributed by atoms with Gasteiger partial charge in [-0.25, -0.2) is 4.89 Å². The molecule has 0 amide bonds. The van der Waals surface area contributed by atoms with Crippen molar-refractivity contribution in [3.63, 3.8) is 0 Å². The van der Waals surface area contributed by atoms with E-state index in [2.05, 4.69) is 53.8 Å². The van der Waals surface area contributed by atoms with Gasteiger partial charge < -0.3 is 13.9 Å². The predicted molar refractivity (Wildman–Crippen MR) is 116 cm³/mol. The molecule has 0 radical (unpaired) electrons. The molecule has 1 saturated heterocycles. The summed E-state index contributed by atoms with van der Waals surface area (Å²) in [7, 11) is -0.499. The molecule has 3 aliphatic rings. The molecule has 1 fully saturated rings. The first-order valence-corrected chi connectivity index (χ1v) is 13.4. The molecule has 0 N–H and O–H groups in total. The van der Waals surface area contributed by atoms with E-state index < -0.39 is 19.7 Å². The molecule has 4 rings (SSSR count). The topological polar surface area (TPSA) is 46.2 Å². The highest BCUT2D eigenvalue weighted by Crippen LogP contribution is 2.54. The molecule has 6 heteroatoms. The van der Waals surface area contributed by atoms with Gasteiger partial charge in [0.1, 0.15) is 17.5 Å². The second-order valence-electron chi connectivity index (χ2n) is 9.70. The molecule has 0 aromatic heterocycles. The summed E-state index contributed by atoms with van der Waals surface area (Å²) in [6.45, 7) is 15.9. The van der Waals surface area contributed by atoms with Crippen LogP contribution in [0.2, 0.25) is 18.1 Å². The molecule has 0 spiro atoms. The lowest BCUT2D eigenvalue weighted by Gasteiger charge is -2.59. The molecule has 29 heavy (non-hydrogen) atoms. The van der Waals surface area contributed by atoms with Crippen LogP contribution in [-0.2, 0) is 25.5 Å². The Bertz CT molecular complexity index is 739. The maximum Gasteiger partial charge on any atom is 0.241 e. The Kier molecular flexibility index (Phi) is 6.07. The van der Waals surface area contributed by atoms with Crippen LogP contribution >= 0.6 is 0 Å². The predicted octanol–water partition coefficient (Wildman–Crippen LogP) is 5.62. The van der Waals surface area contributed by atoms with Crippen LogP contribution in [-0.4, -0.2) is 32.9 Å². The molecule has 162 valence electrons. The highest BCUT2D eigenvalue weighted by Gasteiger charge is 2.66. The van der Waals surface area contributed by atoms with E-state index in [1.54, 1.807) is 7.11 Å². The van der Waals surface area contributed by atoms with Crippen molar-refractivity contribution in [2.75, 3.05) is 7.11 Å². The fourth-order valence-corrected chi connectivity index (χ4v) is 5.30. The maximum absolute atomic E-state index is 6.88. The fourth-order valence-electron chi connectivity index (χ4n) is 3.96. The number of hydrogen-bond donors (Lipinski definition) is 0. The van der Waals surface area contributed by atoms with Crippen LogP contribution in [0, 0.1) is 5.92 Å². The molecule has 1 aliphatic carbocycles. The average Bonchev–Trinajstić information content (AvgIpc) is 2.68. The molecule has 2 aliphatic heterocycles. The molecule has 1 aromatic rings. The first-order chi connectivity index (χ1) is 13.5. The van der Waals surface area contributed by atoms with Gasteiger partial charge in [-0.05, 0) is 48.3 Å². The van der Waals surface area contributed by atoms with Crippen molar-refractivity contribution in [3.05, 3.63) is 42.0 Å². The van der Waals surface area contributed by atoms with Crippen LogP contribution in [0.25, 0.3) is 0 Å². The first-order valence-electron chi connectivity index (χ1n) is 10.5. The molecule has 0 unspecified atom stereocenters. The molecule has 5 nitrogen and oxygen atoms in total. The van der Waals surface area contributed by atoms with Crippen molar-refractivity contribution in [1.29, 1.82) is 0 Å². The van der Waals surface area contributed by atoms with E-state index in [1.807, 2.05) is 30.3 Å². The largest absolute Gasteiger partial charge is 0.497 e. The van der Waals surface area contributed by atoms with E-state index in [9.17, 15) is 0 Å². The van der Waals surface area contributed by atoms with Crippen molar-refractivity contribution < 1.29 is 23.7 Å². The number of fused-ring (bicyclic) bond motifs is 2. The zero-order valence-electron chi connectivity index (χ0n) is 19.1. The fraction of sp³-hybridized carbons (Fsp3) is 0.652. The number of rotatable bonds is 7. The van der Waals surface area contributed by atoms with Gasteiger partial charge in [-0.3, -0.25) is 0 Å². The third kappa shape index (κ3) is 3.81. The van der Waals surface area contributed by atoms with E-state index in [1.165, 1.54) is 0 Å². The summed E-state index contributed by atoms with van der Waals surface area (Å²) in [5.74, 6) is -0.124. The number of ether oxygens (including phenoxy) is 2. The second-order valence-corrected chi connectivity index (χ2v) is 14.4. The van der Waals surface area contributed by atoms with Crippen LogP contribution in [0.1, 0.15) is 46.6 Å². The zero-order valence-corrected chi connectivity index (χ0v) is 20.1. The molecule has 2 bridgehead atoms. The summed E-state index contributed by atoms with van der Waals surface area (Å²) in [4.78, 5) is 11.7. The summed E-state index contributed by atoms with van der Waals surface area (Å²) < 4.78 is 18.8. The third-order valence-corrected chi connectivity index (χ3v) is 11.4. The first kappa shape index (κ1) is 22.5. The molecular formula is C23H36O5Si. The van der Waals surface area contributed by atoms with E-state index in [-0.39, 0.29) is 17.1 Å². The maximum atomic E-state index is 6.88. The van der Waals surface area contributed by atoms with Gasteiger partial charge in [0.15, 0.2) is 8.32 Å². The lowest BCUT2D eigenvalue weighted by atomic mass is 9.71. The van der Waals surface area contributed by atoms with Crippen LogP contribution < -0.4 is 4.74 Å². The van der Waals surface area contributed by atoms with Crippen LogP contribution in [0.4, 0.5) is 0 Å². The van der Waals surface area contributed by atoms with Gasteiger partial charge in [-0.1, -0.05) is 52.8 Å². The Morgan fingerprint density at radius 1 is 1.14 bits per heavy atom. The smallest absolute Gasteiger partial charge is 0.241 e. The summed E-state index contributed by atoms with van der Waals surface area (Å²) in [6.07, 6.45) is 4.70. The summed E-state index contributed by atoms with van der Waals surface area (Å²) in [5, 5.41) is 0.0337. The third-order valence-electron chi connectivity index (χ3n) is 7.00. The summed E-state index contributed by atoms with van der Waals surface area (Å²) in [5.41, 5.74) is 0.444. The van der Waals surface area contributed by atoms with Gasteiger partial charge in [-0.2, -0.15) is 4.89 Å². The minimum absolute atomic E-state index is 0.0337. The molecule has 2 heterocycles. The highest BCUT2D eigenvalue weighted by molar-refractivity contribution is 6.74. The Morgan fingerprint density at radius 2 is 1.79 bits per heavy atom. The van der Waals surface area contributed by atoms with Crippen LogP contribution in [0.15, 0.2) is 36.4 Å². The highest BCUT2D eigenvalue weighted by atomic mass is 28.4. The summed E-state index contributed by atoms with van der Waals surface area (Å²) in [6, 6.07) is 7.97. The molecule has 0 saturated carbocycles. The summed E-state index contributed by atoms with van der Waals surface area (Å²) >= 11 is 0. The Labute approximate surface area is 176 Å². The van der Waals surface area contributed by atoms with Gasteiger partial charge >= 0.3 is 0 Å². The van der Waals surface area contributed by atoms with Gasteiger partial charge in [0, 0.05) is 5.92 Å². The van der Waals surface area contributed by atoms with Crippen molar-refractivity contribution in [1.82, 2.24) is 0 Å².